The molecule has 0 atom stereocenters. The van der Waals surface area contributed by atoms with Gasteiger partial charge in [0.2, 0.25) is 0 Å². The van der Waals surface area contributed by atoms with Gasteiger partial charge in [-0.1, -0.05) is 35.7 Å². The molecule has 4 heteroatoms. The van der Waals surface area contributed by atoms with Crippen LogP contribution in [-0.2, 0) is 6.54 Å². The van der Waals surface area contributed by atoms with Crippen molar-refractivity contribution in [2.75, 3.05) is 11.9 Å². The minimum atomic E-state index is 0.262. The fraction of sp³-hybridized carbons (Fsp3) is 0.188. The Kier molecular flexibility index (Phi) is 4.86. The zero-order valence-electron chi connectivity index (χ0n) is 11.2. The Labute approximate surface area is 123 Å². The van der Waals surface area contributed by atoms with Crippen molar-refractivity contribution in [3.8, 4) is 18.1 Å². The van der Waals surface area contributed by atoms with Crippen molar-refractivity contribution in [3.63, 3.8) is 0 Å². The molecule has 0 saturated carbocycles. The summed E-state index contributed by atoms with van der Waals surface area (Å²) in [6, 6.07) is 11.5. The Morgan fingerprint density at radius 1 is 1.30 bits per heavy atom. The average molecular weight is 287 g/mol. The highest BCUT2D eigenvalue weighted by atomic mass is 35.5. The van der Waals surface area contributed by atoms with Crippen LogP contribution in [0.4, 0.5) is 5.69 Å². The molecule has 0 bridgehead atoms. The number of hydrogen-bond donors (Lipinski definition) is 1. The summed E-state index contributed by atoms with van der Waals surface area (Å²) in [6.07, 6.45) is 5.21. The van der Waals surface area contributed by atoms with Gasteiger partial charge in [-0.2, -0.15) is 0 Å². The summed E-state index contributed by atoms with van der Waals surface area (Å²) < 4.78 is 5.51. The SMILES string of the molecule is C#CCOc1ccccc1CNc1ccc(Cl)nc1C. The smallest absolute Gasteiger partial charge is 0.148 e. The number of terminal acetylenes is 1. The van der Waals surface area contributed by atoms with Crippen LogP contribution in [0.1, 0.15) is 11.3 Å². The molecule has 0 spiro atoms. The molecule has 0 aliphatic carbocycles. The molecule has 102 valence electrons. The average Bonchev–Trinajstić information content (AvgIpc) is 2.45. The number of benzene rings is 1. The van der Waals surface area contributed by atoms with E-state index in [1.54, 1.807) is 6.07 Å². The lowest BCUT2D eigenvalue weighted by atomic mass is 10.2. The lowest BCUT2D eigenvalue weighted by Crippen LogP contribution is -2.05. The molecule has 2 aromatic rings. The molecule has 0 aliphatic rings. The third-order valence-corrected chi connectivity index (χ3v) is 3.02. The van der Waals surface area contributed by atoms with Gasteiger partial charge in [-0.05, 0) is 25.1 Å². The van der Waals surface area contributed by atoms with E-state index in [9.17, 15) is 0 Å². The standard InChI is InChI=1S/C16H15ClN2O/c1-3-10-20-15-7-5-4-6-13(15)11-18-14-8-9-16(17)19-12(14)2/h1,4-9,18H,10-11H2,2H3. The molecule has 1 aromatic heterocycles. The minimum absolute atomic E-state index is 0.262. The summed E-state index contributed by atoms with van der Waals surface area (Å²) in [5.41, 5.74) is 2.85. The number of nitrogens with one attached hydrogen (secondary N) is 1. The van der Waals surface area contributed by atoms with Crippen molar-refractivity contribution in [3.05, 3.63) is 52.8 Å². The predicted molar refractivity (Wildman–Crippen MR) is 82.1 cm³/mol. The van der Waals surface area contributed by atoms with Gasteiger partial charge < -0.3 is 10.1 Å². The molecule has 0 radical (unpaired) electrons. The van der Waals surface area contributed by atoms with E-state index < -0.39 is 0 Å². The molecule has 1 heterocycles. The maximum absolute atomic E-state index is 5.84. The lowest BCUT2D eigenvalue weighted by Gasteiger charge is -2.12. The van der Waals surface area contributed by atoms with E-state index in [1.165, 1.54) is 0 Å². The first-order valence-electron chi connectivity index (χ1n) is 6.22. The molecule has 0 aliphatic heterocycles. The fourth-order valence-corrected chi connectivity index (χ4v) is 2.01. The van der Waals surface area contributed by atoms with Crippen molar-refractivity contribution >= 4 is 17.3 Å². The molecular formula is C16H15ClN2O. The van der Waals surface area contributed by atoms with Crippen LogP contribution in [0.15, 0.2) is 36.4 Å². The molecule has 20 heavy (non-hydrogen) atoms. The number of rotatable bonds is 5. The molecule has 0 amide bonds. The molecule has 0 saturated heterocycles. The monoisotopic (exact) mass is 286 g/mol. The van der Waals surface area contributed by atoms with Gasteiger partial charge in [0.25, 0.3) is 0 Å². The highest BCUT2D eigenvalue weighted by Crippen LogP contribution is 2.21. The molecule has 3 nitrogen and oxygen atoms in total. The Bertz CT molecular complexity index is 635. The van der Waals surface area contributed by atoms with Gasteiger partial charge in [-0.25, -0.2) is 4.98 Å². The summed E-state index contributed by atoms with van der Waals surface area (Å²) in [5, 5.41) is 3.81. The second kappa shape index (κ2) is 6.83. The van der Waals surface area contributed by atoms with Crippen molar-refractivity contribution < 1.29 is 4.74 Å². The third-order valence-electron chi connectivity index (χ3n) is 2.80. The van der Waals surface area contributed by atoms with Crippen molar-refractivity contribution in [1.82, 2.24) is 4.98 Å². The number of nitrogens with zero attached hydrogens (tertiary/aromatic N) is 1. The van der Waals surface area contributed by atoms with E-state index in [4.69, 9.17) is 22.8 Å². The lowest BCUT2D eigenvalue weighted by molar-refractivity contribution is 0.366. The van der Waals surface area contributed by atoms with Crippen LogP contribution in [0.5, 0.6) is 5.75 Å². The van der Waals surface area contributed by atoms with Crippen molar-refractivity contribution in [1.29, 1.82) is 0 Å². The van der Waals surface area contributed by atoms with Gasteiger partial charge in [-0.3, -0.25) is 0 Å². The number of ether oxygens (including phenoxy) is 1. The Morgan fingerprint density at radius 3 is 2.85 bits per heavy atom. The van der Waals surface area contributed by atoms with Gasteiger partial charge in [0, 0.05) is 12.1 Å². The second-order valence-corrected chi connectivity index (χ2v) is 4.61. The summed E-state index contributed by atoms with van der Waals surface area (Å²) >= 11 is 5.84. The van der Waals surface area contributed by atoms with Crippen molar-refractivity contribution in [2.45, 2.75) is 13.5 Å². The summed E-state index contributed by atoms with van der Waals surface area (Å²) in [6.45, 7) is 2.80. The number of anilines is 1. The second-order valence-electron chi connectivity index (χ2n) is 4.22. The highest BCUT2D eigenvalue weighted by molar-refractivity contribution is 6.29. The molecule has 1 N–H and O–H groups in total. The minimum Gasteiger partial charge on any atom is -0.481 e. The van der Waals surface area contributed by atoms with E-state index in [1.807, 2.05) is 37.3 Å². The van der Waals surface area contributed by atoms with Gasteiger partial charge in [0.15, 0.2) is 0 Å². The van der Waals surface area contributed by atoms with Crippen LogP contribution >= 0.6 is 11.6 Å². The number of aryl methyl sites for hydroxylation is 1. The number of aromatic nitrogens is 1. The highest BCUT2D eigenvalue weighted by Gasteiger charge is 2.04. The predicted octanol–water partition coefficient (Wildman–Crippen LogP) is 3.67. The van der Waals surface area contributed by atoms with Gasteiger partial charge >= 0.3 is 0 Å². The Hall–Kier alpha value is -2.18. The van der Waals surface area contributed by atoms with Crippen LogP contribution in [0.3, 0.4) is 0 Å². The van der Waals surface area contributed by atoms with Crippen LogP contribution < -0.4 is 10.1 Å². The normalized spacial score (nSPS) is 9.85. The van der Waals surface area contributed by atoms with Crippen molar-refractivity contribution in [2.24, 2.45) is 0 Å². The van der Waals surface area contributed by atoms with Crippen LogP contribution in [0.25, 0.3) is 0 Å². The van der Waals surface area contributed by atoms with E-state index in [-0.39, 0.29) is 6.61 Å². The first kappa shape index (κ1) is 14.2. The van der Waals surface area contributed by atoms with Crippen LogP contribution in [0, 0.1) is 19.3 Å². The maximum atomic E-state index is 5.84. The largest absolute Gasteiger partial charge is 0.481 e. The summed E-state index contributed by atoms with van der Waals surface area (Å²) in [7, 11) is 0. The topological polar surface area (TPSA) is 34.1 Å². The van der Waals surface area contributed by atoms with Crippen LogP contribution in [0.2, 0.25) is 5.15 Å². The molecular weight excluding hydrogens is 272 g/mol. The van der Waals surface area contributed by atoms with E-state index in [2.05, 4.69) is 16.2 Å². The van der Waals surface area contributed by atoms with E-state index >= 15 is 0 Å². The zero-order valence-corrected chi connectivity index (χ0v) is 11.9. The maximum Gasteiger partial charge on any atom is 0.148 e. The van der Waals surface area contributed by atoms with E-state index in [0.29, 0.717) is 11.7 Å². The molecule has 2 rings (SSSR count). The Balaban J connectivity index is 2.09. The number of halogens is 1. The fourth-order valence-electron chi connectivity index (χ4n) is 1.82. The number of pyridine rings is 1. The third kappa shape index (κ3) is 3.66. The zero-order chi connectivity index (χ0) is 14.4. The van der Waals surface area contributed by atoms with Gasteiger partial charge in [0.05, 0.1) is 11.4 Å². The number of para-hydroxylation sites is 1. The first-order chi connectivity index (χ1) is 9.70. The quantitative estimate of drug-likeness (QED) is 0.673. The first-order valence-corrected chi connectivity index (χ1v) is 6.59. The summed E-state index contributed by atoms with van der Waals surface area (Å²) in [4.78, 5) is 4.20. The van der Waals surface area contributed by atoms with Gasteiger partial charge in [0.1, 0.15) is 17.5 Å². The van der Waals surface area contributed by atoms with E-state index in [0.717, 1.165) is 22.7 Å². The molecule has 0 fully saturated rings. The molecule has 0 unspecified atom stereocenters. The van der Waals surface area contributed by atoms with Crippen LogP contribution in [-0.4, -0.2) is 11.6 Å². The molecule has 1 aromatic carbocycles. The summed E-state index contributed by atoms with van der Waals surface area (Å²) in [5.74, 6) is 3.25. The number of hydrogen-bond acceptors (Lipinski definition) is 3. The van der Waals surface area contributed by atoms with Gasteiger partial charge in [-0.15, -0.1) is 6.42 Å². The Morgan fingerprint density at radius 2 is 2.10 bits per heavy atom.